The molecule has 0 radical (unpaired) electrons. The van der Waals surface area contributed by atoms with Crippen LogP contribution in [0.1, 0.15) is 16.8 Å². The normalized spacial score (nSPS) is 15.2. The molecule has 4 heteroatoms. The minimum atomic E-state index is -0.404. The van der Waals surface area contributed by atoms with Gasteiger partial charge in [0, 0.05) is 13.1 Å². The quantitative estimate of drug-likeness (QED) is 0.726. The molecular formula is C12H11BrFNO. The van der Waals surface area contributed by atoms with E-state index in [1.165, 1.54) is 6.07 Å². The molecule has 2 rings (SSSR count). The highest BCUT2D eigenvalue weighted by molar-refractivity contribution is 9.10. The minimum absolute atomic E-state index is 0.129. The first kappa shape index (κ1) is 11.3. The molecular weight excluding hydrogens is 273 g/mol. The fourth-order valence-electron chi connectivity index (χ4n) is 1.67. The molecule has 1 aliphatic rings. The van der Waals surface area contributed by atoms with Crippen molar-refractivity contribution in [2.45, 2.75) is 6.42 Å². The summed E-state index contributed by atoms with van der Waals surface area (Å²) in [6, 6.07) is 4.51. The molecule has 16 heavy (non-hydrogen) atoms. The number of benzene rings is 1. The maximum atomic E-state index is 13.3. The molecule has 1 amide bonds. The van der Waals surface area contributed by atoms with Gasteiger partial charge in [-0.05, 0) is 34.5 Å². The zero-order valence-corrected chi connectivity index (χ0v) is 10.2. The summed E-state index contributed by atoms with van der Waals surface area (Å²) in [5.74, 6) is -0.533. The van der Waals surface area contributed by atoms with Crippen LogP contribution < -0.4 is 0 Å². The van der Waals surface area contributed by atoms with Gasteiger partial charge >= 0.3 is 0 Å². The second-order valence-electron chi connectivity index (χ2n) is 3.61. The van der Waals surface area contributed by atoms with E-state index in [1.54, 1.807) is 17.0 Å². The van der Waals surface area contributed by atoms with E-state index in [-0.39, 0.29) is 10.4 Å². The molecule has 0 fully saturated rings. The van der Waals surface area contributed by atoms with Gasteiger partial charge in [-0.2, -0.15) is 0 Å². The lowest BCUT2D eigenvalue weighted by atomic mass is 10.1. The molecule has 1 aromatic rings. The van der Waals surface area contributed by atoms with Crippen LogP contribution in [0.3, 0.4) is 0 Å². The second kappa shape index (κ2) is 4.78. The summed E-state index contributed by atoms with van der Waals surface area (Å²) in [6.45, 7) is 1.29. The molecule has 0 aliphatic carbocycles. The average Bonchev–Trinajstić information content (AvgIpc) is 2.33. The van der Waals surface area contributed by atoms with Crippen molar-refractivity contribution in [3.05, 3.63) is 46.2 Å². The van der Waals surface area contributed by atoms with E-state index in [9.17, 15) is 9.18 Å². The third kappa shape index (κ3) is 2.16. The van der Waals surface area contributed by atoms with Gasteiger partial charge < -0.3 is 4.90 Å². The highest BCUT2D eigenvalue weighted by atomic mass is 79.9. The predicted octanol–water partition coefficient (Wildman–Crippen LogP) is 2.99. The molecule has 0 aromatic heterocycles. The summed E-state index contributed by atoms with van der Waals surface area (Å²) < 4.78 is 13.5. The minimum Gasteiger partial charge on any atom is -0.335 e. The number of halogens is 2. The Hall–Kier alpha value is -1.16. The number of amides is 1. The van der Waals surface area contributed by atoms with Crippen LogP contribution in [0.15, 0.2) is 34.8 Å². The van der Waals surface area contributed by atoms with Crippen LogP contribution >= 0.6 is 15.9 Å². The molecule has 84 valence electrons. The van der Waals surface area contributed by atoms with Crippen molar-refractivity contribution in [1.82, 2.24) is 4.90 Å². The average molecular weight is 284 g/mol. The third-order valence-corrected chi connectivity index (χ3v) is 3.33. The van der Waals surface area contributed by atoms with E-state index in [0.29, 0.717) is 18.7 Å². The Morgan fingerprint density at radius 3 is 2.88 bits per heavy atom. The van der Waals surface area contributed by atoms with Crippen LogP contribution in [-0.2, 0) is 0 Å². The fraction of sp³-hybridized carbons (Fsp3) is 0.250. The van der Waals surface area contributed by atoms with Crippen LogP contribution in [0.5, 0.6) is 0 Å². The van der Waals surface area contributed by atoms with E-state index in [1.807, 2.05) is 12.2 Å². The Morgan fingerprint density at radius 2 is 2.19 bits per heavy atom. The second-order valence-corrected chi connectivity index (χ2v) is 4.41. The lowest BCUT2D eigenvalue weighted by molar-refractivity contribution is 0.0769. The van der Waals surface area contributed by atoms with E-state index in [0.717, 1.165) is 6.42 Å². The van der Waals surface area contributed by atoms with Crippen LogP contribution in [0.25, 0.3) is 0 Å². The standard InChI is InChI=1S/C12H11BrFNO/c13-11-9(5-4-6-10(11)14)12(16)15-7-2-1-3-8-15/h1-2,4-6H,3,7-8H2. The lowest BCUT2D eigenvalue weighted by Gasteiger charge is -2.23. The molecule has 0 N–H and O–H groups in total. The Labute approximate surface area is 102 Å². The SMILES string of the molecule is O=C(c1cccc(F)c1Br)N1CC=CCC1. The molecule has 0 spiro atoms. The van der Waals surface area contributed by atoms with Gasteiger partial charge in [0.05, 0.1) is 10.0 Å². The van der Waals surface area contributed by atoms with E-state index in [4.69, 9.17) is 0 Å². The van der Waals surface area contributed by atoms with Gasteiger partial charge in [0.1, 0.15) is 5.82 Å². The van der Waals surface area contributed by atoms with Crippen molar-refractivity contribution < 1.29 is 9.18 Å². The van der Waals surface area contributed by atoms with E-state index in [2.05, 4.69) is 15.9 Å². The van der Waals surface area contributed by atoms with Crippen molar-refractivity contribution in [3.8, 4) is 0 Å². The number of carbonyl (C=O) groups excluding carboxylic acids is 1. The summed E-state index contributed by atoms with van der Waals surface area (Å²) in [5.41, 5.74) is 0.385. The number of hydrogen-bond acceptors (Lipinski definition) is 1. The van der Waals surface area contributed by atoms with Gasteiger partial charge in [0.2, 0.25) is 0 Å². The van der Waals surface area contributed by atoms with Crippen molar-refractivity contribution >= 4 is 21.8 Å². The van der Waals surface area contributed by atoms with Crippen LogP contribution in [0, 0.1) is 5.82 Å². The molecule has 1 aliphatic heterocycles. The Morgan fingerprint density at radius 1 is 1.38 bits per heavy atom. The molecule has 0 unspecified atom stereocenters. The smallest absolute Gasteiger partial charge is 0.255 e. The third-order valence-electron chi connectivity index (χ3n) is 2.53. The molecule has 0 atom stereocenters. The number of hydrogen-bond donors (Lipinski definition) is 0. The summed E-state index contributed by atoms with van der Waals surface area (Å²) >= 11 is 3.11. The van der Waals surface area contributed by atoms with Gasteiger partial charge in [-0.1, -0.05) is 18.2 Å². The first-order valence-corrected chi connectivity index (χ1v) is 5.87. The zero-order chi connectivity index (χ0) is 11.5. The maximum Gasteiger partial charge on any atom is 0.255 e. The molecule has 1 aromatic carbocycles. The van der Waals surface area contributed by atoms with Crippen molar-refractivity contribution in [2.75, 3.05) is 13.1 Å². The van der Waals surface area contributed by atoms with Gasteiger partial charge in [-0.25, -0.2) is 4.39 Å². The van der Waals surface area contributed by atoms with Crippen LogP contribution in [0.4, 0.5) is 4.39 Å². The molecule has 0 saturated carbocycles. The molecule has 0 saturated heterocycles. The first-order chi connectivity index (χ1) is 7.70. The number of nitrogens with zero attached hydrogens (tertiary/aromatic N) is 1. The summed E-state index contributed by atoms with van der Waals surface area (Å²) in [5, 5.41) is 0. The van der Waals surface area contributed by atoms with E-state index < -0.39 is 5.82 Å². The van der Waals surface area contributed by atoms with Gasteiger partial charge in [0.15, 0.2) is 0 Å². The van der Waals surface area contributed by atoms with Crippen LogP contribution in [0.2, 0.25) is 0 Å². The summed E-state index contributed by atoms with van der Waals surface area (Å²) in [4.78, 5) is 13.8. The highest BCUT2D eigenvalue weighted by Crippen LogP contribution is 2.22. The molecule has 2 nitrogen and oxygen atoms in total. The van der Waals surface area contributed by atoms with E-state index >= 15 is 0 Å². The largest absolute Gasteiger partial charge is 0.335 e. The number of rotatable bonds is 1. The van der Waals surface area contributed by atoms with Gasteiger partial charge in [0.25, 0.3) is 5.91 Å². The first-order valence-electron chi connectivity index (χ1n) is 5.08. The summed E-state index contributed by atoms with van der Waals surface area (Å²) in [7, 11) is 0. The maximum absolute atomic E-state index is 13.3. The predicted molar refractivity (Wildman–Crippen MR) is 63.8 cm³/mol. The van der Waals surface area contributed by atoms with Gasteiger partial charge in [-0.15, -0.1) is 0 Å². The van der Waals surface area contributed by atoms with Crippen molar-refractivity contribution in [3.63, 3.8) is 0 Å². The molecule has 1 heterocycles. The lowest BCUT2D eigenvalue weighted by Crippen LogP contribution is -2.34. The number of carbonyl (C=O) groups is 1. The Balaban J connectivity index is 2.26. The van der Waals surface area contributed by atoms with Gasteiger partial charge in [-0.3, -0.25) is 4.79 Å². The summed E-state index contributed by atoms with van der Waals surface area (Å²) in [6.07, 6.45) is 4.86. The Kier molecular flexibility index (Phi) is 3.39. The highest BCUT2D eigenvalue weighted by Gasteiger charge is 2.19. The monoisotopic (exact) mass is 283 g/mol. The van der Waals surface area contributed by atoms with Crippen LogP contribution in [-0.4, -0.2) is 23.9 Å². The van der Waals surface area contributed by atoms with Crippen molar-refractivity contribution in [2.24, 2.45) is 0 Å². The van der Waals surface area contributed by atoms with Crippen molar-refractivity contribution in [1.29, 1.82) is 0 Å². The Bertz CT molecular complexity index is 445. The topological polar surface area (TPSA) is 20.3 Å². The molecule has 0 bridgehead atoms. The fourth-order valence-corrected chi connectivity index (χ4v) is 2.10. The zero-order valence-electron chi connectivity index (χ0n) is 8.62.